The third kappa shape index (κ3) is 2.18. The fraction of sp³-hybridized carbons (Fsp3) is 0.333. The van der Waals surface area contributed by atoms with E-state index in [9.17, 15) is 9.59 Å². The fourth-order valence-electron chi connectivity index (χ4n) is 1.17. The molecule has 0 saturated carbocycles. The Kier molecular flexibility index (Phi) is 3.38. The highest BCUT2D eigenvalue weighted by Crippen LogP contribution is 2.13. The molecule has 1 aromatic rings. The van der Waals surface area contributed by atoms with Gasteiger partial charge in [-0.05, 0) is 25.5 Å². The zero-order valence-electron chi connectivity index (χ0n) is 8.06. The number of ketones is 1. The lowest BCUT2D eigenvalue weighted by Crippen LogP contribution is -2.46. The van der Waals surface area contributed by atoms with Crippen molar-refractivity contribution in [3.05, 3.63) is 22.4 Å². The summed E-state index contributed by atoms with van der Waals surface area (Å²) in [5.74, 6) is -0.856. The van der Waals surface area contributed by atoms with Crippen LogP contribution in [0, 0.1) is 0 Å². The minimum Gasteiger partial charge on any atom is -0.368 e. The van der Waals surface area contributed by atoms with Gasteiger partial charge in [0.05, 0.1) is 4.88 Å². The number of Topliss-reactive ketones (excluding diaryl/α,β-unsaturated/α-hetero) is 1. The number of thiophene rings is 1. The van der Waals surface area contributed by atoms with E-state index in [1.165, 1.54) is 16.2 Å². The molecule has 76 valence electrons. The Labute approximate surface area is 86.3 Å². The van der Waals surface area contributed by atoms with Gasteiger partial charge in [-0.3, -0.25) is 14.5 Å². The molecule has 5 heteroatoms. The van der Waals surface area contributed by atoms with Crippen molar-refractivity contribution in [2.45, 2.75) is 6.04 Å². The first-order valence-electron chi connectivity index (χ1n) is 4.07. The van der Waals surface area contributed by atoms with Crippen LogP contribution < -0.4 is 5.73 Å². The number of hydrogen-bond donors (Lipinski definition) is 1. The molecule has 0 aliphatic rings. The number of rotatable bonds is 4. The zero-order chi connectivity index (χ0) is 10.7. The molecule has 14 heavy (non-hydrogen) atoms. The molecule has 0 spiro atoms. The van der Waals surface area contributed by atoms with Gasteiger partial charge in [-0.2, -0.15) is 0 Å². The van der Waals surface area contributed by atoms with Gasteiger partial charge in [-0.1, -0.05) is 6.07 Å². The highest BCUT2D eigenvalue weighted by atomic mass is 32.1. The molecule has 1 aromatic heterocycles. The summed E-state index contributed by atoms with van der Waals surface area (Å²) in [6.45, 7) is 0. The molecule has 0 bridgehead atoms. The molecule has 0 aliphatic heterocycles. The fourth-order valence-corrected chi connectivity index (χ4v) is 1.86. The molecule has 4 nitrogen and oxygen atoms in total. The van der Waals surface area contributed by atoms with Crippen LogP contribution in [0.3, 0.4) is 0 Å². The standard InChI is InChI=1S/C9H12N2O2S/c1-11(2)7(9(10)13)8(12)6-4-3-5-14-6/h3-5,7H,1-2H3,(H2,10,13). The third-order valence-corrected chi connectivity index (χ3v) is 2.68. The smallest absolute Gasteiger partial charge is 0.242 e. The predicted octanol–water partition coefficient (Wildman–Crippen LogP) is 0.346. The Morgan fingerprint density at radius 1 is 1.50 bits per heavy atom. The van der Waals surface area contributed by atoms with Crippen LogP contribution in [0.15, 0.2) is 17.5 Å². The maximum Gasteiger partial charge on any atom is 0.242 e. The van der Waals surface area contributed by atoms with E-state index in [-0.39, 0.29) is 5.78 Å². The van der Waals surface area contributed by atoms with E-state index in [2.05, 4.69) is 0 Å². The van der Waals surface area contributed by atoms with E-state index in [1.807, 2.05) is 0 Å². The molecule has 1 atom stereocenters. The molecular formula is C9H12N2O2S. The lowest BCUT2D eigenvalue weighted by Gasteiger charge is -2.18. The molecule has 0 fully saturated rings. The molecule has 1 heterocycles. The van der Waals surface area contributed by atoms with Crippen molar-refractivity contribution in [3.8, 4) is 0 Å². The Bertz CT molecular complexity index is 333. The minimum atomic E-state index is -0.867. The second-order valence-corrected chi connectivity index (χ2v) is 4.06. The topological polar surface area (TPSA) is 63.4 Å². The second-order valence-electron chi connectivity index (χ2n) is 3.11. The van der Waals surface area contributed by atoms with Gasteiger partial charge in [0.1, 0.15) is 0 Å². The highest BCUT2D eigenvalue weighted by molar-refractivity contribution is 7.12. The Morgan fingerprint density at radius 2 is 2.14 bits per heavy atom. The molecule has 0 aliphatic carbocycles. The molecule has 0 saturated heterocycles. The summed E-state index contributed by atoms with van der Waals surface area (Å²) in [4.78, 5) is 24.9. The van der Waals surface area contributed by atoms with Crippen molar-refractivity contribution in [1.29, 1.82) is 0 Å². The highest BCUT2D eigenvalue weighted by Gasteiger charge is 2.27. The summed E-state index contributed by atoms with van der Waals surface area (Å²) in [5, 5.41) is 1.79. The first-order chi connectivity index (χ1) is 6.54. The number of primary amides is 1. The molecule has 2 N–H and O–H groups in total. The summed E-state index contributed by atoms with van der Waals surface area (Å²) in [6.07, 6.45) is 0. The van der Waals surface area contributed by atoms with Gasteiger partial charge in [-0.15, -0.1) is 11.3 Å². The number of carbonyl (C=O) groups excluding carboxylic acids is 2. The average molecular weight is 212 g/mol. The van der Waals surface area contributed by atoms with Crippen LogP contribution in [-0.2, 0) is 4.79 Å². The molecule has 0 aromatic carbocycles. The summed E-state index contributed by atoms with van der Waals surface area (Å²) in [6, 6.07) is 2.59. The van der Waals surface area contributed by atoms with Gasteiger partial charge in [0.2, 0.25) is 5.91 Å². The summed E-state index contributed by atoms with van der Waals surface area (Å²) in [7, 11) is 3.31. The number of nitrogens with two attached hydrogens (primary N) is 1. The molecule has 0 radical (unpaired) electrons. The third-order valence-electron chi connectivity index (χ3n) is 1.80. The number of hydrogen-bond acceptors (Lipinski definition) is 4. The Balaban J connectivity index is 2.91. The minimum absolute atomic E-state index is 0.238. The van der Waals surface area contributed by atoms with E-state index >= 15 is 0 Å². The van der Waals surface area contributed by atoms with Gasteiger partial charge in [0.15, 0.2) is 11.8 Å². The van der Waals surface area contributed by atoms with Crippen LogP contribution in [0.4, 0.5) is 0 Å². The van der Waals surface area contributed by atoms with Crippen molar-refractivity contribution >= 4 is 23.0 Å². The van der Waals surface area contributed by atoms with Gasteiger partial charge < -0.3 is 5.73 Å². The first-order valence-corrected chi connectivity index (χ1v) is 4.95. The molecular weight excluding hydrogens is 200 g/mol. The van der Waals surface area contributed by atoms with Crippen LogP contribution in [0.2, 0.25) is 0 Å². The van der Waals surface area contributed by atoms with Crippen molar-refractivity contribution in [3.63, 3.8) is 0 Å². The number of nitrogens with zero attached hydrogens (tertiary/aromatic N) is 1. The molecule has 1 unspecified atom stereocenters. The Morgan fingerprint density at radius 3 is 2.50 bits per heavy atom. The van der Waals surface area contributed by atoms with Crippen molar-refractivity contribution in [2.75, 3.05) is 14.1 Å². The first kappa shape index (κ1) is 10.9. The SMILES string of the molecule is CN(C)C(C(N)=O)C(=O)c1cccs1. The van der Waals surface area contributed by atoms with Crippen molar-refractivity contribution in [2.24, 2.45) is 5.73 Å². The quantitative estimate of drug-likeness (QED) is 0.578. The average Bonchev–Trinajstić information content (AvgIpc) is 2.53. The predicted molar refractivity (Wildman–Crippen MR) is 55.3 cm³/mol. The van der Waals surface area contributed by atoms with E-state index in [0.29, 0.717) is 4.88 Å². The summed E-state index contributed by atoms with van der Waals surface area (Å²) >= 11 is 1.31. The zero-order valence-corrected chi connectivity index (χ0v) is 8.88. The number of carbonyl (C=O) groups is 2. The van der Waals surface area contributed by atoms with Crippen LogP contribution in [-0.4, -0.2) is 36.7 Å². The number of likely N-dealkylation sites (N-methyl/N-ethyl adjacent to an activating group) is 1. The second kappa shape index (κ2) is 4.34. The largest absolute Gasteiger partial charge is 0.368 e. The summed E-state index contributed by atoms with van der Waals surface area (Å²) < 4.78 is 0. The van der Waals surface area contributed by atoms with Gasteiger partial charge in [-0.25, -0.2) is 0 Å². The normalized spacial score (nSPS) is 12.8. The lowest BCUT2D eigenvalue weighted by atomic mass is 10.1. The maximum absolute atomic E-state index is 11.8. The van der Waals surface area contributed by atoms with Gasteiger partial charge >= 0.3 is 0 Å². The van der Waals surface area contributed by atoms with Crippen molar-refractivity contribution < 1.29 is 9.59 Å². The van der Waals surface area contributed by atoms with Crippen LogP contribution in [0.1, 0.15) is 9.67 Å². The lowest BCUT2D eigenvalue weighted by molar-refractivity contribution is -0.120. The Hall–Kier alpha value is -1.20. The van der Waals surface area contributed by atoms with Crippen LogP contribution in [0.5, 0.6) is 0 Å². The van der Waals surface area contributed by atoms with Crippen LogP contribution >= 0.6 is 11.3 Å². The van der Waals surface area contributed by atoms with E-state index in [0.717, 1.165) is 0 Å². The molecule has 1 rings (SSSR count). The van der Waals surface area contributed by atoms with Crippen molar-refractivity contribution in [1.82, 2.24) is 4.90 Å². The monoisotopic (exact) mass is 212 g/mol. The van der Waals surface area contributed by atoms with E-state index in [4.69, 9.17) is 5.73 Å². The van der Waals surface area contributed by atoms with Gasteiger partial charge in [0.25, 0.3) is 0 Å². The van der Waals surface area contributed by atoms with E-state index < -0.39 is 11.9 Å². The molecule has 1 amide bonds. The van der Waals surface area contributed by atoms with Gasteiger partial charge in [0, 0.05) is 0 Å². The van der Waals surface area contributed by atoms with E-state index in [1.54, 1.807) is 31.6 Å². The number of amides is 1. The van der Waals surface area contributed by atoms with Crippen LogP contribution in [0.25, 0.3) is 0 Å². The maximum atomic E-state index is 11.8. The summed E-state index contributed by atoms with van der Waals surface area (Å²) in [5.41, 5.74) is 5.15.